The average Bonchev–Trinajstić information content (AvgIpc) is 3.27. The van der Waals surface area contributed by atoms with Crippen LogP contribution in [0.1, 0.15) is 61.8 Å². The van der Waals surface area contributed by atoms with Gasteiger partial charge in [-0.25, -0.2) is 8.42 Å². The van der Waals surface area contributed by atoms with Gasteiger partial charge < -0.3 is 10.6 Å². The van der Waals surface area contributed by atoms with Crippen molar-refractivity contribution >= 4 is 27.5 Å². The van der Waals surface area contributed by atoms with Crippen LogP contribution in [-0.2, 0) is 26.0 Å². The van der Waals surface area contributed by atoms with E-state index in [4.69, 9.17) is 0 Å². The van der Waals surface area contributed by atoms with Crippen LogP contribution in [0.4, 0.5) is 5.69 Å². The molecular formula is C25H31N3O4S. The molecule has 7 nitrogen and oxygen atoms in total. The number of anilines is 1. The highest BCUT2D eigenvalue weighted by molar-refractivity contribution is 7.89. The van der Waals surface area contributed by atoms with E-state index >= 15 is 0 Å². The molecule has 2 aliphatic rings. The van der Waals surface area contributed by atoms with Crippen LogP contribution < -0.4 is 10.6 Å². The minimum absolute atomic E-state index is 0.0540. The molecular weight excluding hydrogens is 438 g/mol. The third-order valence-electron chi connectivity index (χ3n) is 6.50. The second-order valence-corrected chi connectivity index (χ2v) is 10.9. The molecule has 1 heterocycles. The summed E-state index contributed by atoms with van der Waals surface area (Å²) in [5.41, 5.74) is 2.95. The molecule has 33 heavy (non-hydrogen) atoms. The number of sulfonamides is 1. The van der Waals surface area contributed by atoms with E-state index in [1.807, 2.05) is 31.2 Å². The number of nitrogens with one attached hydrogen (secondary N) is 2. The molecule has 2 aromatic rings. The van der Waals surface area contributed by atoms with Crippen molar-refractivity contribution in [3.63, 3.8) is 0 Å². The van der Waals surface area contributed by atoms with Crippen molar-refractivity contribution in [3.8, 4) is 0 Å². The Hall–Kier alpha value is -2.71. The minimum atomic E-state index is -3.99. The van der Waals surface area contributed by atoms with Gasteiger partial charge in [-0.15, -0.1) is 0 Å². The predicted molar refractivity (Wildman–Crippen MR) is 127 cm³/mol. The lowest BCUT2D eigenvalue weighted by molar-refractivity contribution is -0.122. The van der Waals surface area contributed by atoms with E-state index in [-0.39, 0.29) is 41.4 Å². The Bertz CT molecular complexity index is 1160. The molecule has 8 heteroatoms. The lowest BCUT2D eigenvalue weighted by Gasteiger charge is -2.36. The van der Waals surface area contributed by atoms with Gasteiger partial charge in [-0.2, -0.15) is 4.31 Å². The van der Waals surface area contributed by atoms with E-state index in [1.165, 1.54) is 11.2 Å². The molecule has 0 bridgehead atoms. The van der Waals surface area contributed by atoms with Crippen LogP contribution in [0.3, 0.4) is 0 Å². The SMILES string of the molecule is CC(=O)Nc1ccc(C)cc1S(=O)(=O)N1CCc2ccccc2C1CC(=O)NC1CCCC1. The quantitative estimate of drug-likeness (QED) is 0.675. The first-order chi connectivity index (χ1) is 15.8. The molecule has 4 rings (SSSR count). The van der Waals surface area contributed by atoms with Crippen molar-refractivity contribution in [2.45, 2.75) is 69.4 Å². The maximum atomic E-state index is 13.9. The van der Waals surface area contributed by atoms with E-state index in [9.17, 15) is 18.0 Å². The lowest BCUT2D eigenvalue weighted by atomic mass is 9.92. The number of hydrogen-bond acceptors (Lipinski definition) is 4. The number of aryl methyl sites for hydroxylation is 1. The molecule has 2 N–H and O–H groups in total. The first-order valence-corrected chi connectivity index (χ1v) is 13.0. The zero-order chi connectivity index (χ0) is 23.6. The predicted octanol–water partition coefficient (Wildman–Crippen LogP) is 3.69. The molecule has 2 aromatic carbocycles. The first-order valence-electron chi connectivity index (χ1n) is 11.5. The van der Waals surface area contributed by atoms with Crippen molar-refractivity contribution in [2.24, 2.45) is 0 Å². The Labute approximate surface area is 195 Å². The summed E-state index contributed by atoms with van der Waals surface area (Å²) in [6, 6.07) is 12.3. The molecule has 0 radical (unpaired) electrons. The third-order valence-corrected chi connectivity index (χ3v) is 8.44. The third kappa shape index (κ3) is 5.12. The largest absolute Gasteiger partial charge is 0.353 e. The van der Waals surface area contributed by atoms with E-state index in [2.05, 4.69) is 10.6 Å². The molecule has 0 saturated heterocycles. The van der Waals surface area contributed by atoms with Gasteiger partial charge in [0.15, 0.2) is 0 Å². The summed E-state index contributed by atoms with van der Waals surface area (Å²) in [6.07, 6.45) is 4.79. The van der Waals surface area contributed by atoms with Gasteiger partial charge in [0.25, 0.3) is 0 Å². The van der Waals surface area contributed by atoms with Crippen LogP contribution >= 0.6 is 0 Å². The monoisotopic (exact) mass is 469 g/mol. The smallest absolute Gasteiger partial charge is 0.245 e. The van der Waals surface area contributed by atoms with Crippen molar-refractivity contribution in [1.29, 1.82) is 0 Å². The zero-order valence-electron chi connectivity index (χ0n) is 19.1. The van der Waals surface area contributed by atoms with Crippen LogP contribution in [-0.4, -0.2) is 37.1 Å². The van der Waals surface area contributed by atoms with E-state index in [1.54, 1.807) is 18.2 Å². The summed E-state index contributed by atoms with van der Waals surface area (Å²) in [5.74, 6) is -0.470. The molecule has 1 saturated carbocycles. The Morgan fingerprint density at radius 3 is 2.55 bits per heavy atom. The van der Waals surface area contributed by atoms with Gasteiger partial charge in [-0.1, -0.05) is 43.2 Å². The normalized spacial score (nSPS) is 19.2. The van der Waals surface area contributed by atoms with Gasteiger partial charge >= 0.3 is 0 Å². The maximum absolute atomic E-state index is 13.9. The van der Waals surface area contributed by atoms with Crippen molar-refractivity contribution in [3.05, 3.63) is 59.2 Å². The molecule has 2 amide bonds. The lowest BCUT2D eigenvalue weighted by Crippen LogP contribution is -2.43. The van der Waals surface area contributed by atoms with Crippen LogP contribution in [0.15, 0.2) is 47.4 Å². The van der Waals surface area contributed by atoms with Crippen LogP contribution in [0.2, 0.25) is 0 Å². The van der Waals surface area contributed by atoms with Gasteiger partial charge in [-0.3, -0.25) is 9.59 Å². The minimum Gasteiger partial charge on any atom is -0.353 e. The van der Waals surface area contributed by atoms with E-state index < -0.39 is 16.1 Å². The number of rotatable bonds is 6. The number of hydrogen-bond donors (Lipinski definition) is 2. The summed E-state index contributed by atoms with van der Waals surface area (Å²) in [5, 5.41) is 5.74. The topological polar surface area (TPSA) is 95.6 Å². The molecule has 1 aliphatic heterocycles. The van der Waals surface area contributed by atoms with Crippen LogP contribution in [0.5, 0.6) is 0 Å². The van der Waals surface area contributed by atoms with Gasteiger partial charge in [-0.05, 0) is 55.0 Å². The van der Waals surface area contributed by atoms with Gasteiger partial charge in [0, 0.05) is 25.9 Å². The Balaban J connectivity index is 1.71. The van der Waals surface area contributed by atoms with Crippen molar-refractivity contribution < 1.29 is 18.0 Å². The number of carbonyl (C=O) groups excluding carboxylic acids is 2. The molecule has 1 fully saturated rings. The average molecular weight is 470 g/mol. The highest BCUT2D eigenvalue weighted by Crippen LogP contribution is 2.38. The number of nitrogens with zero attached hydrogens (tertiary/aromatic N) is 1. The van der Waals surface area contributed by atoms with Gasteiger partial charge in [0.1, 0.15) is 4.90 Å². The first kappa shape index (κ1) is 23.4. The number of amides is 2. The van der Waals surface area contributed by atoms with E-state index in [0.29, 0.717) is 6.42 Å². The fourth-order valence-electron chi connectivity index (χ4n) is 4.92. The van der Waals surface area contributed by atoms with Gasteiger partial charge in [0.05, 0.1) is 11.7 Å². The molecule has 1 aliphatic carbocycles. The number of benzene rings is 2. The van der Waals surface area contributed by atoms with Crippen LogP contribution in [0.25, 0.3) is 0 Å². The standard InChI is InChI=1S/C25H31N3O4S/c1-17-11-12-22(26-18(2)29)24(15-17)33(31,32)28-14-13-19-7-3-6-10-21(19)23(28)16-25(30)27-20-8-4-5-9-20/h3,6-7,10-12,15,20,23H,4-5,8-9,13-14,16H2,1-2H3,(H,26,29)(H,27,30). The molecule has 0 aromatic heterocycles. The summed E-state index contributed by atoms with van der Waals surface area (Å²) in [4.78, 5) is 24.7. The molecule has 0 spiro atoms. The summed E-state index contributed by atoms with van der Waals surface area (Å²) in [7, 11) is -3.99. The molecule has 176 valence electrons. The molecule has 1 atom stereocenters. The second-order valence-electron chi connectivity index (χ2n) is 9.01. The van der Waals surface area contributed by atoms with Gasteiger partial charge in [0.2, 0.25) is 21.8 Å². The maximum Gasteiger partial charge on any atom is 0.245 e. The molecule has 1 unspecified atom stereocenters. The fourth-order valence-corrected chi connectivity index (χ4v) is 6.76. The van der Waals surface area contributed by atoms with Crippen molar-refractivity contribution in [1.82, 2.24) is 9.62 Å². The summed E-state index contributed by atoms with van der Waals surface area (Å²) < 4.78 is 29.3. The van der Waals surface area contributed by atoms with Crippen LogP contribution in [0, 0.1) is 6.92 Å². The zero-order valence-corrected chi connectivity index (χ0v) is 20.0. The highest BCUT2D eigenvalue weighted by atomic mass is 32.2. The summed E-state index contributed by atoms with van der Waals surface area (Å²) >= 11 is 0. The Kier molecular flexibility index (Phi) is 6.86. The number of fused-ring (bicyclic) bond motifs is 1. The second kappa shape index (κ2) is 9.65. The Morgan fingerprint density at radius 1 is 1.09 bits per heavy atom. The van der Waals surface area contributed by atoms with E-state index in [0.717, 1.165) is 42.4 Å². The highest BCUT2D eigenvalue weighted by Gasteiger charge is 2.39. The fraction of sp³-hybridized carbons (Fsp3) is 0.440. The Morgan fingerprint density at radius 2 is 1.82 bits per heavy atom. The summed E-state index contributed by atoms with van der Waals surface area (Å²) in [6.45, 7) is 3.44. The number of carbonyl (C=O) groups is 2. The van der Waals surface area contributed by atoms with Crippen molar-refractivity contribution in [2.75, 3.05) is 11.9 Å².